The number of benzene rings is 3. The Labute approximate surface area is 162 Å². The van der Waals surface area contributed by atoms with Gasteiger partial charge in [0, 0.05) is 17.1 Å². The Morgan fingerprint density at radius 2 is 1.19 bits per heavy atom. The van der Waals surface area contributed by atoms with Gasteiger partial charge in [-0.1, -0.05) is 30.8 Å². The average molecular weight is 357 g/mol. The molecule has 138 valence electrons. The topological polar surface area (TPSA) is 12.5 Å². The molecule has 0 radical (unpaired) electrons. The summed E-state index contributed by atoms with van der Waals surface area (Å²) in [6.45, 7) is 12.8. The normalized spacial score (nSPS) is 10.5. The number of nitrogens with zero attached hydrogens (tertiary/aromatic N) is 1. The number of hydrogen-bond donors (Lipinski definition) is 0. The minimum atomic E-state index is 0.539. The molecule has 0 spiro atoms. The summed E-state index contributed by atoms with van der Waals surface area (Å²) >= 11 is 0. The molecule has 0 saturated heterocycles. The third-order valence-electron chi connectivity index (χ3n) is 5.06. The lowest BCUT2D eigenvalue weighted by atomic mass is 10.1. The van der Waals surface area contributed by atoms with Gasteiger partial charge in [0.15, 0.2) is 0 Å². The van der Waals surface area contributed by atoms with Gasteiger partial charge in [-0.05, 0) is 91.9 Å². The second-order valence-electron chi connectivity index (χ2n) is 7.02. The van der Waals surface area contributed by atoms with E-state index in [4.69, 9.17) is 4.74 Å². The summed E-state index contributed by atoms with van der Waals surface area (Å²) in [6.07, 6.45) is 1.48. The van der Waals surface area contributed by atoms with Crippen LogP contribution in [0.5, 0.6) is 0 Å². The van der Waals surface area contributed by atoms with Gasteiger partial charge >= 0.3 is 0 Å². The van der Waals surface area contributed by atoms with E-state index in [0.29, 0.717) is 6.61 Å². The number of hydrogen-bond acceptors (Lipinski definition) is 2. The van der Waals surface area contributed by atoms with Gasteiger partial charge in [-0.25, -0.2) is 0 Å². The van der Waals surface area contributed by atoms with E-state index in [1.54, 1.807) is 0 Å². The molecule has 0 atom stereocenters. The Kier molecular flexibility index (Phi) is 5.66. The summed E-state index contributed by atoms with van der Waals surface area (Å²) in [4.78, 5) is 2.30. The lowest BCUT2D eigenvalue weighted by Crippen LogP contribution is -2.11. The highest BCUT2D eigenvalue weighted by molar-refractivity contribution is 5.77. The molecular formula is C25H27NO. The highest BCUT2D eigenvalue weighted by atomic mass is 16.5. The third-order valence-corrected chi connectivity index (χ3v) is 5.06. The standard InChI is InChI=1S/C25H27NO/c1-6-27-17-22-9-13-23(14-10-22)26(24-11-7-18(2)20(4)15-24)25-12-8-19(3)21(5)16-25/h6-16H,1,17H2,2-5H3. The molecule has 0 fully saturated rings. The van der Waals surface area contributed by atoms with Crippen molar-refractivity contribution in [1.29, 1.82) is 0 Å². The molecule has 3 rings (SSSR count). The molecule has 0 bridgehead atoms. The molecule has 0 N–H and O–H groups in total. The minimum absolute atomic E-state index is 0.539. The van der Waals surface area contributed by atoms with Crippen molar-refractivity contribution in [2.75, 3.05) is 4.90 Å². The molecule has 3 aromatic carbocycles. The first-order valence-electron chi connectivity index (χ1n) is 9.25. The molecule has 0 unspecified atom stereocenters. The lowest BCUT2D eigenvalue weighted by Gasteiger charge is -2.27. The van der Waals surface area contributed by atoms with Crippen LogP contribution < -0.4 is 4.90 Å². The fourth-order valence-corrected chi connectivity index (χ4v) is 3.07. The smallest absolute Gasteiger partial charge is 0.112 e. The van der Waals surface area contributed by atoms with Crippen molar-refractivity contribution in [3.05, 3.63) is 101 Å². The van der Waals surface area contributed by atoms with E-state index in [1.165, 1.54) is 28.5 Å². The number of aryl methyl sites for hydroxylation is 4. The third kappa shape index (κ3) is 4.22. The fourth-order valence-electron chi connectivity index (χ4n) is 3.07. The van der Waals surface area contributed by atoms with Gasteiger partial charge < -0.3 is 9.64 Å². The largest absolute Gasteiger partial charge is 0.497 e. The van der Waals surface area contributed by atoms with Gasteiger partial charge in [0.25, 0.3) is 0 Å². The summed E-state index contributed by atoms with van der Waals surface area (Å²) in [7, 11) is 0. The molecule has 0 saturated carbocycles. The number of rotatable bonds is 6. The Bertz CT molecular complexity index is 890. The van der Waals surface area contributed by atoms with E-state index in [1.807, 2.05) is 0 Å². The van der Waals surface area contributed by atoms with Crippen LogP contribution in [-0.4, -0.2) is 0 Å². The van der Waals surface area contributed by atoms with Crippen molar-refractivity contribution in [3.8, 4) is 0 Å². The van der Waals surface area contributed by atoms with Gasteiger partial charge in [0.2, 0.25) is 0 Å². The maximum Gasteiger partial charge on any atom is 0.112 e. The summed E-state index contributed by atoms with van der Waals surface area (Å²) < 4.78 is 5.30. The average Bonchev–Trinajstić information content (AvgIpc) is 2.67. The van der Waals surface area contributed by atoms with E-state index < -0.39 is 0 Å². The van der Waals surface area contributed by atoms with Crippen molar-refractivity contribution >= 4 is 17.1 Å². The first kappa shape index (κ1) is 18.8. The van der Waals surface area contributed by atoms with Crippen molar-refractivity contribution in [3.63, 3.8) is 0 Å². The zero-order valence-electron chi connectivity index (χ0n) is 16.6. The number of anilines is 3. The highest BCUT2D eigenvalue weighted by Crippen LogP contribution is 2.36. The second-order valence-corrected chi connectivity index (χ2v) is 7.02. The van der Waals surface area contributed by atoms with Crippen LogP contribution in [0.4, 0.5) is 17.1 Å². The van der Waals surface area contributed by atoms with Gasteiger partial charge in [-0.3, -0.25) is 0 Å². The molecule has 0 heterocycles. The van der Waals surface area contributed by atoms with Crippen LogP contribution in [0.1, 0.15) is 27.8 Å². The van der Waals surface area contributed by atoms with E-state index in [2.05, 4.69) is 99.8 Å². The molecule has 2 nitrogen and oxygen atoms in total. The molecule has 27 heavy (non-hydrogen) atoms. The summed E-state index contributed by atoms with van der Waals surface area (Å²) in [5.41, 5.74) is 9.76. The van der Waals surface area contributed by atoms with Crippen LogP contribution >= 0.6 is 0 Å². The lowest BCUT2D eigenvalue weighted by molar-refractivity contribution is 0.238. The van der Waals surface area contributed by atoms with E-state index in [0.717, 1.165) is 22.6 Å². The summed E-state index contributed by atoms with van der Waals surface area (Å²) in [6, 6.07) is 21.7. The molecule has 0 aromatic heterocycles. The predicted octanol–water partition coefficient (Wildman–Crippen LogP) is 7.05. The van der Waals surface area contributed by atoms with Gasteiger partial charge in [0.05, 0.1) is 6.26 Å². The quantitative estimate of drug-likeness (QED) is 0.438. The zero-order chi connectivity index (χ0) is 19.4. The van der Waals surface area contributed by atoms with Crippen molar-refractivity contribution < 1.29 is 4.74 Å². The van der Waals surface area contributed by atoms with Crippen LogP contribution in [-0.2, 0) is 11.3 Å². The molecule has 0 amide bonds. The number of ether oxygens (including phenoxy) is 1. The Morgan fingerprint density at radius 1 is 0.704 bits per heavy atom. The van der Waals surface area contributed by atoms with E-state index in [-0.39, 0.29) is 0 Å². The fraction of sp³-hybridized carbons (Fsp3) is 0.200. The van der Waals surface area contributed by atoms with Crippen LogP contribution in [0.15, 0.2) is 73.5 Å². The predicted molar refractivity (Wildman–Crippen MR) is 115 cm³/mol. The molecule has 0 aliphatic heterocycles. The van der Waals surface area contributed by atoms with E-state index >= 15 is 0 Å². The van der Waals surface area contributed by atoms with Crippen LogP contribution in [0.2, 0.25) is 0 Å². The van der Waals surface area contributed by atoms with Gasteiger partial charge in [-0.15, -0.1) is 0 Å². The molecule has 2 heteroatoms. The summed E-state index contributed by atoms with van der Waals surface area (Å²) in [5, 5.41) is 0. The maximum atomic E-state index is 5.30. The minimum Gasteiger partial charge on any atom is -0.497 e. The van der Waals surface area contributed by atoms with Crippen molar-refractivity contribution in [2.45, 2.75) is 34.3 Å². The molecule has 0 aliphatic carbocycles. The Balaban J connectivity index is 2.07. The van der Waals surface area contributed by atoms with Crippen LogP contribution in [0.25, 0.3) is 0 Å². The van der Waals surface area contributed by atoms with Crippen LogP contribution in [0.3, 0.4) is 0 Å². The first-order chi connectivity index (χ1) is 13.0. The summed E-state index contributed by atoms with van der Waals surface area (Å²) in [5.74, 6) is 0. The molecular weight excluding hydrogens is 330 g/mol. The van der Waals surface area contributed by atoms with E-state index in [9.17, 15) is 0 Å². The zero-order valence-corrected chi connectivity index (χ0v) is 16.6. The van der Waals surface area contributed by atoms with Crippen molar-refractivity contribution in [1.82, 2.24) is 0 Å². The Hall–Kier alpha value is -3.00. The maximum absolute atomic E-state index is 5.30. The van der Waals surface area contributed by atoms with Crippen LogP contribution in [0, 0.1) is 27.7 Å². The second kappa shape index (κ2) is 8.13. The first-order valence-corrected chi connectivity index (χ1v) is 9.25. The van der Waals surface area contributed by atoms with Crippen molar-refractivity contribution in [2.24, 2.45) is 0 Å². The van der Waals surface area contributed by atoms with Gasteiger partial charge in [0.1, 0.15) is 6.61 Å². The highest BCUT2D eigenvalue weighted by Gasteiger charge is 2.14. The monoisotopic (exact) mass is 357 g/mol. The van der Waals surface area contributed by atoms with Gasteiger partial charge in [-0.2, -0.15) is 0 Å². The molecule has 3 aromatic rings. The molecule has 0 aliphatic rings. The SMILES string of the molecule is C=COCc1ccc(N(c2ccc(C)c(C)c2)c2ccc(C)c(C)c2)cc1. The Morgan fingerprint density at radius 3 is 1.63 bits per heavy atom.